The number of aryl methyl sites for hydroxylation is 1. The lowest BCUT2D eigenvalue weighted by Gasteiger charge is -2.20. The first-order chi connectivity index (χ1) is 16.7. The fourth-order valence-electron chi connectivity index (χ4n) is 4.24. The summed E-state index contributed by atoms with van der Waals surface area (Å²) in [7, 11) is 0. The van der Waals surface area contributed by atoms with E-state index in [1.54, 1.807) is 30.3 Å². The number of nitrogens with zero attached hydrogens (tertiary/aromatic N) is 2. The Morgan fingerprint density at radius 1 is 1.00 bits per heavy atom. The van der Waals surface area contributed by atoms with Crippen LogP contribution < -0.4 is 11.1 Å². The molecule has 0 bridgehead atoms. The summed E-state index contributed by atoms with van der Waals surface area (Å²) in [6.45, 7) is 0. The van der Waals surface area contributed by atoms with Crippen molar-refractivity contribution in [1.82, 2.24) is 9.78 Å². The van der Waals surface area contributed by atoms with Crippen LogP contribution in [0.5, 0.6) is 0 Å². The molecule has 4 aromatic rings. The number of hydrogen-bond donors (Lipinski definition) is 2. The molecule has 176 valence electrons. The molecule has 3 N–H and O–H groups in total. The molecule has 2 amide bonds. The molecular formula is C25H16Cl2F2N4O2. The predicted molar refractivity (Wildman–Crippen MR) is 129 cm³/mol. The van der Waals surface area contributed by atoms with Gasteiger partial charge in [0.15, 0.2) is 5.69 Å². The van der Waals surface area contributed by atoms with Gasteiger partial charge < -0.3 is 11.1 Å². The number of aromatic nitrogens is 2. The lowest BCUT2D eigenvalue weighted by molar-refractivity contribution is 0.0992. The molecule has 0 atom stereocenters. The summed E-state index contributed by atoms with van der Waals surface area (Å²) < 4.78 is 29.3. The standard InChI is InChI=1S/C25H16Cl2F2N4O2/c26-20-3-1-2-17(21(20)27)25(35)31-15-6-4-12-5-7-18-22(24(30)34)32-33(23(18)19(12)11-15)16-9-13(28)8-14(29)10-16/h1-4,6,8-11H,5,7H2,(H2,30,34)(H,31,35). The van der Waals surface area contributed by atoms with Crippen LogP contribution in [0.3, 0.4) is 0 Å². The molecular weight excluding hydrogens is 497 g/mol. The minimum Gasteiger partial charge on any atom is -0.364 e. The molecule has 1 heterocycles. The lowest BCUT2D eigenvalue weighted by Crippen LogP contribution is -2.16. The topological polar surface area (TPSA) is 90.0 Å². The summed E-state index contributed by atoms with van der Waals surface area (Å²) in [5.74, 6) is -2.80. The molecule has 0 saturated carbocycles. The number of fused-ring (bicyclic) bond motifs is 3. The predicted octanol–water partition coefficient (Wildman–Crippen LogP) is 5.57. The summed E-state index contributed by atoms with van der Waals surface area (Å²) in [5.41, 5.74) is 8.91. The molecule has 1 aliphatic rings. The largest absolute Gasteiger partial charge is 0.364 e. The smallest absolute Gasteiger partial charge is 0.269 e. The quantitative estimate of drug-likeness (QED) is 0.374. The average molecular weight is 513 g/mol. The van der Waals surface area contributed by atoms with E-state index >= 15 is 0 Å². The Labute approximate surface area is 208 Å². The zero-order chi connectivity index (χ0) is 24.9. The number of halogens is 4. The van der Waals surface area contributed by atoms with Gasteiger partial charge in [-0.05, 0) is 54.8 Å². The summed E-state index contributed by atoms with van der Waals surface area (Å²) in [5, 5.41) is 7.46. The zero-order valence-electron chi connectivity index (χ0n) is 17.9. The Morgan fingerprint density at radius 2 is 1.74 bits per heavy atom. The Morgan fingerprint density at radius 3 is 2.46 bits per heavy atom. The van der Waals surface area contributed by atoms with Gasteiger partial charge in [0.25, 0.3) is 11.8 Å². The molecule has 35 heavy (non-hydrogen) atoms. The number of primary amides is 1. The number of nitrogens with one attached hydrogen (secondary N) is 1. The molecule has 1 aromatic heterocycles. The zero-order valence-corrected chi connectivity index (χ0v) is 19.4. The van der Waals surface area contributed by atoms with Crippen LogP contribution in [0.2, 0.25) is 10.0 Å². The number of rotatable bonds is 4. The molecule has 0 aliphatic heterocycles. The Hall–Kier alpha value is -3.75. The first-order valence-electron chi connectivity index (χ1n) is 10.5. The van der Waals surface area contributed by atoms with Crippen LogP contribution in [0.4, 0.5) is 14.5 Å². The lowest BCUT2D eigenvalue weighted by atomic mass is 9.88. The van der Waals surface area contributed by atoms with E-state index in [1.807, 2.05) is 6.07 Å². The third-order valence-corrected chi connectivity index (χ3v) is 6.59. The van der Waals surface area contributed by atoms with E-state index < -0.39 is 23.4 Å². The van der Waals surface area contributed by atoms with Crippen LogP contribution in [0.25, 0.3) is 16.9 Å². The normalized spacial score (nSPS) is 12.1. The van der Waals surface area contributed by atoms with Gasteiger partial charge in [-0.1, -0.05) is 35.3 Å². The van der Waals surface area contributed by atoms with Gasteiger partial charge in [0.1, 0.15) is 11.6 Å². The molecule has 0 unspecified atom stereocenters. The summed E-state index contributed by atoms with van der Waals surface area (Å²) in [6, 6.07) is 13.0. The maximum atomic E-state index is 14.0. The van der Waals surface area contributed by atoms with E-state index in [0.29, 0.717) is 35.3 Å². The number of amides is 2. The van der Waals surface area contributed by atoms with Crippen molar-refractivity contribution in [2.45, 2.75) is 12.8 Å². The van der Waals surface area contributed by atoms with Gasteiger partial charge in [0, 0.05) is 22.9 Å². The summed E-state index contributed by atoms with van der Waals surface area (Å²) in [4.78, 5) is 25.0. The Kier molecular flexibility index (Phi) is 5.78. The van der Waals surface area contributed by atoms with Crippen LogP contribution in [0, 0.1) is 11.6 Å². The number of hydrogen-bond acceptors (Lipinski definition) is 3. The van der Waals surface area contributed by atoms with E-state index in [1.165, 1.54) is 4.68 Å². The van der Waals surface area contributed by atoms with Crippen molar-refractivity contribution in [3.8, 4) is 16.9 Å². The summed E-state index contributed by atoms with van der Waals surface area (Å²) in [6.07, 6.45) is 1.04. The van der Waals surface area contributed by atoms with Crippen LogP contribution in [-0.2, 0) is 12.8 Å². The van der Waals surface area contributed by atoms with E-state index in [2.05, 4.69) is 10.4 Å². The summed E-state index contributed by atoms with van der Waals surface area (Å²) >= 11 is 12.2. The van der Waals surface area contributed by atoms with Crippen molar-refractivity contribution in [2.75, 3.05) is 5.32 Å². The number of carbonyl (C=O) groups is 2. The molecule has 10 heteroatoms. The Balaban J connectivity index is 1.62. The van der Waals surface area contributed by atoms with Crippen molar-refractivity contribution >= 4 is 40.7 Å². The minimum atomic E-state index is -0.791. The molecule has 6 nitrogen and oxygen atoms in total. The van der Waals surface area contributed by atoms with Crippen molar-refractivity contribution in [2.24, 2.45) is 5.73 Å². The van der Waals surface area contributed by atoms with Crippen LogP contribution >= 0.6 is 23.2 Å². The van der Waals surface area contributed by atoms with Gasteiger partial charge in [-0.25, -0.2) is 13.5 Å². The van der Waals surface area contributed by atoms with Crippen molar-refractivity contribution < 1.29 is 18.4 Å². The molecule has 0 radical (unpaired) electrons. The van der Waals surface area contributed by atoms with Crippen LogP contribution in [0.1, 0.15) is 32.0 Å². The number of nitrogens with two attached hydrogens (primary N) is 1. The van der Waals surface area contributed by atoms with Gasteiger partial charge in [-0.3, -0.25) is 9.59 Å². The molecule has 5 rings (SSSR count). The van der Waals surface area contributed by atoms with E-state index in [4.69, 9.17) is 28.9 Å². The third-order valence-electron chi connectivity index (χ3n) is 5.77. The monoisotopic (exact) mass is 512 g/mol. The van der Waals surface area contributed by atoms with Gasteiger partial charge >= 0.3 is 0 Å². The second kappa shape index (κ2) is 8.79. The fraction of sp³-hybridized carbons (Fsp3) is 0.0800. The van der Waals surface area contributed by atoms with Crippen LogP contribution in [-0.4, -0.2) is 21.6 Å². The number of carbonyl (C=O) groups excluding carboxylic acids is 2. The molecule has 1 aliphatic carbocycles. The minimum absolute atomic E-state index is 0.0236. The van der Waals surface area contributed by atoms with Crippen molar-refractivity contribution in [3.63, 3.8) is 0 Å². The maximum Gasteiger partial charge on any atom is 0.269 e. The molecule has 0 spiro atoms. The highest BCUT2D eigenvalue weighted by Gasteiger charge is 2.29. The maximum absolute atomic E-state index is 14.0. The van der Waals surface area contributed by atoms with Crippen LogP contribution in [0.15, 0.2) is 54.6 Å². The molecule has 3 aromatic carbocycles. The first-order valence-corrected chi connectivity index (χ1v) is 11.3. The highest BCUT2D eigenvalue weighted by Crippen LogP contribution is 2.38. The van der Waals surface area contributed by atoms with Gasteiger partial charge in [0.05, 0.1) is 27.0 Å². The molecule has 0 saturated heterocycles. The van der Waals surface area contributed by atoms with E-state index in [-0.39, 0.29) is 27.0 Å². The number of anilines is 1. The average Bonchev–Trinajstić information content (AvgIpc) is 3.21. The van der Waals surface area contributed by atoms with Gasteiger partial charge in [0.2, 0.25) is 0 Å². The van der Waals surface area contributed by atoms with E-state index in [9.17, 15) is 18.4 Å². The SMILES string of the molecule is NC(=O)c1nn(-c2cc(F)cc(F)c2)c2c1CCc1ccc(NC(=O)c3cccc(Cl)c3Cl)cc1-2. The Bertz CT molecular complexity index is 1510. The molecule has 0 fully saturated rings. The highest BCUT2D eigenvalue weighted by atomic mass is 35.5. The van der Waals surface area contributed by atoms with Crippen molar-refractivity contribution in [1.29, 1.82) is 0 Å². The third kappa shape index (κ3) is 4.15. The van der Waals surface area contributed by atoms with Gasteiger partial charge in [-0.2, -0.15) is 5.10 Å². The highest BCUT2D eigenvalue weighted by molar-refractivity contribution is 6.44. The second-order valence-electron chi connectivity index (χ2n) is 8.01. The fourth-order valence-corrected chi connectivity index (χ4v) is 4.63. The van der Waals surface area contributed by atoms with Gasteiger partial charge in [-0.15, -0.1) is 0 Å². The second-order valence-corrected chi connectivity index (χ2v) is 8.79. The number of benzene rings is 3. The first kappa shape index (κ1) is 23.0. The van der Waals surface area contributed by atoms with Crippen molar-refractivity contribution in [3.05, 3.63) is 98.7 Å². The van der Waals surface area contributed by atoms with E-state index in [0.717, 1.165) is 23.8 Å².